The number of halogens is 1. The van der Waals surface area contributed by atoms with Crippen LogP contribution in [0, 0.1) is 5.41 Å². The van der Waals surface area contributed by atoms with Crippen molar-refractivity contribution in [2.45, 2.75) is 12.8 Å². The summed E-state index contributed by atoms with van der Waals surface area (Å²) in [5, 5.41) is 16.1. The van der Waals surface area contributed by atoms with E-state index < -0.39 is 0 Å². The second-order valence-corrected chi connectivity index (χ2v) is 6.18. The molecule has 0 saturated carbocycles. The van der Waals surface area contributed by atoms with Crippen molar-refractivity contribution in [2.75, 3.05) is 26.4 Å². The molecule has 1 aromatic heterocycles. The number of carbonyl (C=O) groups is 1. The molecule has 1 aliphatic rings. The number of thiophene rings is 1. The fourth-order valence-electron chi connectivity index (χ4n) is 2.00. The van der Waals surface area contributed by atoms with Gasteiger partial charge in [-0.05, 0) is 28.8 Å². The van der Waals surface area contributed by atoms with Crippen molar-refractivity contribution in [3.05, 3.63) is 20.8 Å². The summed E-state index contributed by atoms with van der Waals surface area (Å²) in [6.45, 7) is 1.88. The van der Waals surface area contributed by atoms with Crippen molar-refractivity contribution < 1.29 is 14.6 Å². The predicted octanol–water partition coefficient (Wildman–Crippen LogP) is 2.03. The van der Waals surface area contributed by atoms with E-state index in [0.29, 0.717) is 25.3 Å². The van der Waals surface area contributed by atoms with Crippen LogP contribution in [0.5, 0.6) is 0 Å². The van der Waals surface area contributed by atoms with Gasteiger partial charge in [-0.3, -0.25) is 4.79 Å². The van der Waals surface area contributed by atoms with Crippen LogP contribution in [0.25, 0.3) is 0 Å². The molecule has 1 fully saturated rings. The fraction of sp³-hybridized carbons (Fsp3) is 0.583. The standard InChI is InChI=1S/C12H16BrNO3S/c13-10-6-18-5-9(10)11(16)14-7-12(8-15)1-3-17-4-2-12/h5-6,15H,1-4,7-8H2,(H,14,16). The van der Waals surface area contributed by atoms with Crippen LogP contribution in [0.4, 0.5) is 0 Å². The Morgan fingerprint density at radius 2 is 2.22 bits per heavy atom. The number of amides is 1. The average Bonchev–Trinajstić information content (AvgIpc) is 2.83. The Balaban J connectivity index is 1.94. The quantitative estimate of drug-likeness (QED) is 0.886. The van der Waals surface area contributed by atoms with Crippen LogP contribution in [0.15, 0.2) is 15.2 Å². The number of ether oxygens (including phenoxy) is 1. The topological polar surface area (TPSA) is 58.6 Å². The number of nitrogens with one attached hydrogen (secondary N) is 1. The minimum absolute atomic E-state index is 0.0848. The Morgan fingerprint density at radius 3 is 2.78 bits per heavy atom. The Labute approximate surface area is 118 Å². The van der Waals surface area contributed by atoms with Crippen molar-refractivity contribution in [3.8, 4) is 0 Å². The first-order chi connectivity index (χ1) is 8.67. The van der Waals surface area contributed by atoms with E-state index in [1.807, 2.05) is 10.8 Å². The monoisotopic (exact) mass is 333 g/mol. The van der Waals surface area contributed by atoms with Crippen molar-refractivity contribution in [1.29, 1.82) is 0 Å². The van der Waals surface area contributed by atoms with Gasteiger partial charge in [0.25, 0.3) is 5.91 Å². The van der Waals surface area contributed by atoms with Crippen molar-refractivity contribution in [3.63, 3.8) is 0 Å². The normalized spacial score (nSPS) is 18.6. The summed E-state index contributed by atoms with van der Waals surface area (Å²) in [7, 11) is 0. The SMILES string of the molecule is O=C(NCC1(CO)CCOCC1)c1cscc1Br. The highest BCUT2D eigenvalue weighted by Crippen LogP contribution is 2.29. The van der Waals surface area contributed by atoms with Gasteiger partial charge >= 0.3 is 0 Å². The van der Waals surface area contributed by atoms with Gasteiger partial charge in [0.1, 0.15) is 0 Å². The van der Waals surface area contributed by atoms with Crippen LogP contribution in [-0.2, 0) is 4.74 Å². The molecule has 0 bridgehead atoms. The van der Waals surface area contributed by atoms with E-state index in [0.717, 1.165) is 17.3 Å². The summed E-state index contributed by atoms with van der Waals surface area (Å²) in [5.74, 6) is -0.0950. The van der Waals surface area contributed by atoms with Gasteiger partial charge < -0.3 is 15.2 Å². The molecule has 100 valence electrons. The zero-order chi connectivity index (χ0) is 13.0. The summed E-state index contributed by atoms with van der Waals surface area (Å²) < 4.78 is 6.11. The molecule has 0 radical (unpaired) electrons. The average molecular weight is 334 g/mol. The lowest BCUT2D eigenvalue weighted by Crippen LogP contribution is -2.43. The van der Waals surface area contributed by atoms with Gasteiger partial charge in [-0.2, -0.15) is 11.3 Å². The van der Waals surface area contributed by atoms with Crippen LogP contribution in [0.2, 0.25) is 0 Å². The highest BCUT2D eigenvalue weighted by atomic mass is 79.9. The molecule has 18 heavy (non-hydrogen) atoms. The number of hydrogen-bond donors (Lipinski definition) is 2. The summed E-state index contributed by atoms with van der Waals surface area (Å²) >= 11 is 4.83. The lowest BCUT2D eigenvalue weighted by molar-refractivity contribution is -0.0146. The number of carbonyl (C=O) groups excluding carboxylic acids is 1. The molecule has 2 N–H and O–H groups in total. The number of aliphatic hydroxyl groups excluding tert-OH is 1. The van der Waals surface area contributed by atoms with Crippen LogP contribution < -0.4 is 5.32 Å². The van der Waals surface area contributed by atoms with E-state index >= 15 is 0 Å². The van der Waals surface area contributed by atoms with Crippen LogP contribution in [0.1, 0.15) is 23.2 Å². The summed E-state index contributed by atoms with van der Waals surface area (Å²) in [6.07, 6.45) is 1.57. The molecule has 1 amide bonds. The smallest absolute Gasteiger partial charge is 0.253 e. The number of hydrogen-bond acceptors (Lipinski definition) is 4. The first-order valence-electron chi connectivity index (χ1n) is 5.85. The molecule has 4 nitrogen and oxygen atoms in total. The third-order valence-corrected chi connectivity index (χ3v) is 5.07. The molecule has 0 aromatic carbocycles. The van der Waals surface area contributed by atoms with E-state index in [9.17, 15) is 9.90 Å². The van der Waals surface area contributed by atoms with Crippen LogP contribution in [-0.4, -0.2) is 37.4 Å². The third-order valence-electron chi connectivity index (χ3n) is 3.37. The zero-order valence-corrected chi connectivity index (χ0v) is 12.3. The van der Waals surface area contributed by atoms with Crippen molar-refractivity contribution in [1.82, 2.24) is 5.32 Å². The lowest BCUT2D eigenvalue weighted by atomic mass is 9.81. The first-order valence-corrected chi connectivity index (χ1v) is 7.59. The zero-order valence-electron chi connectivity index (χ0n) is 9.95. The van der Waals surface area contributed by atoms with Gasteiger partial charge in [0.05, 0.1) is 12.2 Å². The molecule has 6 heteroatoms. The molecule has 0 spiro atoms. The highest BCUT2D eigenvalue weighted by molar-refractivity contribution is 9.10. The lowest BCUT2D eigenvalue weighted by Gasteiger charge is -2.35. The van der Waals surface area contributed by atoms with Gasteiger partial charge in [-0.25, -0.2) is 0 Å². The van der Waals surface area contributed by atoms with Crippen molar-refractivity contribution >= 4 is 33.2 Å². The Bertz CT molecular complexity index is 415. The molecule has 2 rings (SSSR count). The number of rotatable bonds is 4. The summed E-state index contributed by atoms with van der Waals surface area (Å²) in [6, 6.07) is 0. The van der Waals surface area contributed by atoms with E-state index in [1.54, 1.807) is 0 Å². The van der Waals surface area contributed by atoms with Crippen molar-refractivity contribution in [2.24, 2.45) is 5.41 Å². The van der Waals surface area contributed by atoms with Gasteiger partial charge in [-0.1, -0.05) is 0 Å². The van der Waals surface area contributed by atoms with E-state index in [1.165, 1.54) is 11.3 Å². The minimum Gasteiger partial charge on any atom is -0.396 e. The summed E-state index contributed by atoms with van der Waals surface area (Å²) in [5.41, 5.74) is 0.427. The predicted molar refractivity (Wildman–Crippen MR) is 73.9 cm³/mol. The number of aliphatic hydroxyl groups is 1. The van der Waals surface area contributed by atoms with Crippen LogP contribution >= 0.6 is 27.3 Å². The van der Waals surface area contributed by atoms with Crippen LogP contribution in [0.3, 0.4) is 0 Å². The minimum atomic E-state index is -0.226. The van der Waals surface area contributed by atoms with E-state index in [-0.39, 0.29) is 17.9 Å². The highest BCUT2D eigenvalue weighted by Gasteiger charge is 2.32. The van der Waals surface area contributed by atoms with E-state index in [2.05, 4.69) is 21.2 Å². The maximum Gasteiger partial charge on any atom is 0.253 e. The summed E-state index contributed by atoms with van der Waals surface area (Å²) in [4.78, 5) is 12.0. The largest absolute Gasteiger partial charge is 0.396 e. The molecule has 0 atom stereocenters. The fourth-order valence-corrected chi connectivity index (χ4v) is 3.46. The van der Waals surface area contributed by atoms with Gasteiger partial charge in [-0.15, -0.1) is 0 Å². The molecule has 1 saturated heterocycles. The van der Waals surface area contributed by atoms with Gasteiger partial charge in [0.2, 0.25) is 0 Å². The molecular weight excluding hydrogens is 318 g/mol. The van der Waals surface area contributed by atoms with E-state index in [4.69, 9.17) is 4.74 Å². The first kappa shape index (κ1) is 14.0. The Morgan fingerprint density at radius 1 is 1.50 bits per heavy atom. The molecule has 2 heterocycles. The molecule has 0 unspecified atom stereocenters. The Kier molecular flexibility index (Phi) is 4.77. The van der Waals surface area contributed by atoms with Gasteiger partial charge in [0, 0.05) is 40.4 Å². The second-order valence-electron chi connectivity index (χ2n) is 4.59. The molecule has 1 aromatic rings. The Hall–Kier alpha value is -0.430. The van der Waals surface area contributed by atoms with Gasteiger partial charge in [0.15, 0.2) is 0 Å². The second kappa shape index (κ2) is 6.14. The maximum atomic E-state index is 12.0. The third kappa shape index (κ3) is 3.12. The molecular formula is C12H16BrNO3S. The maximum absolute atomic E-state index is 12.0. The molecule has 1 aliphatic heterocycles. The molecule has 0 aliphatic carbocycles.